The maximum atomic E-state index is 15.0. The number of fused-ring (bicyclic) bond motifs is 2. The van der Waals surface area contributed by atoms with Crippen LogP contribution in [0.4, 0.5) is 4.39 Å². The molecule has 8 unspecified atom stereocenters. The molecule has 3 saturated carbocycles. The van der Waals surface area contributed by atoms with Gasteiger partial charge in [0.05, 0.1) is 29.8 Å². The minimum atomic E-state index is -0.981. The van der Waals surface area contributed by atoms with Crippen LogP contribution in [0.5, 0.6) is 5.75 Å². The van der Waals surface area contributed by atoms with E-state index in [-0.39, 0.29) is 40.0 Å². The number of imidazole rings is 1. The predicted molar refractivity (Wildman–Crippen MR) is 182 cm³/mol. The number of carbonyl (C=O) groups excluding carboxylic acids is 1. The second kappa shape index (κ2) is 10.7. The number of halogens is 2. The largest absolute Gasteiger partial charge is 0.497 e. The molecule has 0 radical (unpaired) electrons. The standard InChI is InChI=1S/C38H42ClFN2O4S/c1-34-12-9-22(43)19-36(34)15-16-38(25(20-36)30(44)18-24-26(39)5-4-6-27(24)40)31(34)10-13-35(2)32(38)11-14-37(35,45)21-47-33-41-28-8-7-23(46-3)17-29(28)42-33/h4-8,15-17,20,22,31-32,43,45H,9-14,18-19,21H2,1-3H3,(H,41,42). The fourth-order valence-electron chi connectivity index (χ4n) is 10.9. The summed E-state index contributed by atoms with van der Waals surface area (Å²) in [4.78, 5) is 22.8. The van der Waals surface area contributed by atoms with Crippen LogP contribution in [-0.4, -0.2) is 50.5 Å². The molecule has 3 fully saturated rings. The lowest BCUT2D eigenvalue weighted by molar-refractivity contribution is -0.170. The lowest BCUT2D eigenvalue weighted by atomic mass is 9.32. The maximum absolute atomic E-state index is 15.0. The number of H-pyrrole nitrogens is 1. The minimum Gasteiger partial charge on any atom is -0.497 e. The number of aromatic amines is 1. The number of nitrogens with one attached hydrogen (secondary N) is 1. The molecule has 0 amide bonds. The number of rotatable bonds is 7. The van der Waals surface area contributed by atoms with Gasteiger partial charge in [0.15, 0.2) is 10.9 Å². The molecule has 2 aromatic carbocycles. The Morgan fingerprint density at radius 2 is 1.87 bits per heavy atom. The van der Waals surface area contributed by atoms with Crippen LogP contribution < -0.4 is 4.74 Å². The molecule has 6 aliphatic rings. The Morgan fingerprint density at radius 3 is 2.66 bits per heavy atom. The average molecular weight is 677 g/mol. The van der Waals surface area contributed by atoms with E-state index in [1.807, 2.05) is 18.2 Å². The van der Waals surface area contributed by atoms with Gasteiger partial charge in [-0.3, -0.25) is 4.79 Å². The summed E-state index contributed by atoms with van der Waals surface area (Å²) in [6.07, 6.45) is 11.5. The Bertz CT molecular complexity index is 1840. The van der Waals surface area contributed by atoms with Crippen LogP contribution in [0.25, 0.3) is 11.0 Å². The quantitative estimate of drug-likeness (QED) is 0.174. The number of benzene rings is 2. The number of hydrogen-bond donors (Lipinski definition) is 3. The van der Waals surface area contributed by atoms with Crippen LogP contribution >= 0.6 is 23.4 Å². The number of carbonyl (C=O) groups is 1. The highest BCUT2D eigenvalue weighted by Gasteiger charge is 2.74. The van der Waals surface area contributed by atoms with E-state index >= 15 is 4.39 Å². The Kier molecular flexibility index (Phi) is 7.18. The second-order valence-electron chi connectivity index (χ2n) is 15.3. The molecule has 47 heavy (non-hydrogen) atoms. The summed E-state index contributed by atoms with van der Waals surface area (Å²) < 4.78 is 20.4. The van der Waals surface area contributed by atoms with Crippen molar-refractivity contribution in [2.24, 2.45) is 33.5 Å². The van der Waals surface area contributed by atoms with E-state index in [1.54, 1.807) is 31.0 Å². The number of thioether (sulfide) groups is 1. The number of Topliss-reactive ketones (excluding diaryl/α,β-unsaturated/α-hetero) is 1. The highest BCUT2D eigenvalue weighted by Crippen LogP contribution is 2.78. The number of aliphatic hydroxyl groups is 2. The highest BCUT2D eigenvalue weighted by atomic mass is 35.5. The number of aromatic nitrogens is 2. The zero-order chi connectivity index (χ0) is 33.0. The topological polar surface area (TPSA) is 95.4 Å². The number of ketones is 1. The summed E-state index contributed by atoms with van der Waals surface area (Å²) in [7, 11) is 1.64. The maximum Gasteiger partial charge on any atom is 0.166 e. The molecule has 0 saturated heterocycles. The monoisotopic (exact) mass is 676 g/mol. The third-order valence-corrected chi connectivity index (χ3v) is 15.0. The van der Waals surface area contributed by atoms with Crippen molar-refractivity contribution in [3.05, 3.63) is 76.6 Å². The summed E-state index contributed by atoms with van der Waals surface area (Å²) in [5, 5.41) is 24.6. The first-order valence-electron chi connectivity index (χ1n) is 16.8. The van der Waals surface area contributed by atoms with Crippen molar-refractivity contribution in [2.45, 2.75) is 82.1 Å². The molecule has 248 valence electrons. The first-order valence-corrected chi connectivity index (χ1v) is 18.2. The first kappa shape index (κ1) is 31.6. The normalized spacial score (nSPS) is 38.5. The van der Waals surface area contributed by atoms with Crippen molar-refractivity contribution in [2.75, 3.05) is 12.9 Å². The highest BCUT2D eigenvalue weighted by molar-refractivity contribution is 7.99. The van der Waals surface area contributed by atoms with Gasteiger partial charge >= 0.3 is 0 Å². The van der Waals surface area contributed by atoms with Crippen LogP contribution in [0.2, 0.25) is 5.02 Å². The van der Waals surface area contributed by atoms with Crippen LogP contribution in [-0.2, 0) is 11.2 Å². The summed E-state index contributed by atoms with van der Waals surface area (Å²) >= 11 is 7.99. The smallest absolute Gasteiger partial charge is 0.166 e. The van der Waals surface area contributed by atoms with Crippen LogP contribution in [0, 0.1) is 39.3 Å². The molecule has 6 nitrogen and oxygen atoms in total. The second-order valence-corrected chi connectivity index (χ2v) is 16.7. The molecule has 9 heteroatoms. The number of nitrogens with zero attached hydrogens (tertiary/aromatic N) is 1. The van der Waals surface area contributed by atoms with Crippen molar-refractivity contribution in [1.29, 1.82) is 0 Å². The van der Waals surface area contributed by atoms with Gasteiger partial charge in [-0.25, -0.2) is 9.37 Å². The van der Waals surface area contributed by atoms with Crippen LogP contribution in [0.1, 0.15) is 64.4 Å². The lowest BCUT2D eigenvalue weighted by Gasteiger charge is -2.71. The number of allylic oxidation sites excluding steroid dienone is 4. The first-order chi connectivity index (χ1) is 22.4. The van der Waals surface area contributed by atoms with Gasteiger partial charge in [0, 0.05) is 50.6 Å². The molecular weight excluding hydrogens is 635 g/mol. The lowest BCUT2D eigenvalue weighted by Crippen LogP contribution is -2.67. The number of aliphatic hydroxyl groups excluding tert-OH is 1. The number of ether oxygens (including phenoxy) is 1. The Hall–Kier alpha value is -2.65. The van der Waals surface area contributed by atoms with Gasteiger partial charge in [-0.05, 0) is 86.5 Å². The molecule has 9 rings (SSSR count). The predicted octanol–water partition coefficient (Wildman–Crippen LogP) is 7.86. The third-order valence-electron chi connectivity index (χ3n) is 13.5. The molecule has 1 heterocycles. The van der Waals surface area contributed by atoms with E-state index in [1.165, 1.54) is 6.07 Å². The molecule has 6 aliphatic carbocycles. The van der Waals surface area contributed by atoms with Gasteiger partial charge < -0.3 is 19.9 Å². The van der Waals surface area contributed by atoms with Crippen molar-refractivity contribution >= 4 is 40.2 Å². The average Bonchev–Trinajstić information content (AvgIpc) is 3.58. The van der Waals surface area contributed by atoms with Gasteiger partial charge in [0.25, 0.3) is 0 Å². The van der Waals surface area contributed by atoms with E-state index in [2.05, 4.69) is 37.1 Å². The van der Waals surface area contributed by atoms with Crippen LogP contribution in [0.15, 0.2) is 65.4 Å². The van der Waals surface area contributed by atoms with E-state index in [9.17, 15) is 15.0 Å². The van der Waals surface area contributed by atoms with Gasteiger partial charge in [0.1, 0.15) is 11.6 Å². The van der Waals surface area contributed by atoms with Crippen LogP contribution in [0.3, 0.4) is 0 Å². The molecule has 8 atom stereocenters. The molecular formula is C38H42ClFN2O4S. The molecule has 3 aromatic rings. The summed E-state index contributed by atoms with van der Waals surface area (Å²) in [6, 6.07) is 10.3. The van der Waals surface area contributed by atoms with E-state index in [0.717, 1.165) is 59.6 Å². The van der Waals surface area contributed by atoms with Crippen molar-refractivity contribution in [3.8, 4) is 5.75 Å². The summed E-state index contributed by atoms with van der Waals surface area (Å²) in [5.41, 5.74) is 0.0850. The van der Waals surface area contributed by atoms with Gasteiger partial charge in [0.2, 0.25) is 0 Å². The zero-order valence-corrected chi connectivity index (χ0v) is 28.7. The Balaban J connectivity index is 1.17. The number of hydrogen-bond acceptors (Lipinski definition) is 6. The molecule has 2 bridgehead atoms. The van der Waals surface area contributed by atoms with Crippen molar-refractivity contribution in [3.63, 3.8) is 0 Å². The molecule has 1 aromatic heterocycles. The van der Waals surface area contributed by atoms with Gasteiger partial charge in [-0.15, -0.1) is 0 Å². The van der Waals surface area contributed by atoms with Crippen molar-refractivity contribution < 1.29 is 24.1 Å². The SMILES string of the molecule is COc1ccc2nc(SCC3(O)CCC4C56C=CC7(C=C5C(=O)Cc5c(F)cccc5Cl)CC(O)CCC7(C)C6CCC43C)[nH]c2c1. The van der Waals surface area contributed by atoms with Crippen molar-refractivity contribution in [1.82, 2.24) is 9.97 Å². The van der Waals surface area contributed by atoms with Gasteiger partial charge in [-0.2, -0.15) is 0 Å². The third kappa shape index (κ3) is 4.30. The Morgan fingerprint density at radius 1 is 1.11 bits per heavy atom. The number of methoxy groups -OCH3 is 1. The Labute approximate surface area is 284 Å². The fourth-order valence-corrected chi connectivity index (χ4v) is 12.4. The van der Waals surface area contributed by atoms with E-state index < -0.39 is 33.8 Å². The summed E-state index contributed by atoms with van der Waals surface area (Å²) in [5.74, 6) is 0.840. The fraction of sp³-hybridized carbons (Fsp3) is 0.526. The summed E-state index contributed by atoms with van der Waals surface area (Å²) in [6.45, 7) is 4.59. The van der Waals surface area contributed by atoms with E-state index in [0.29, 0.717) is 18.6 Å². The van der Waals surface area contributed by atoms with Gasteiger partial charge in [-0.1, -0.05) is 61.5 Å². The van der Waals surface area contributed by atoms with E-state index in [4.69, 9.17) is 21.3 Å². The minimum absolute atomic E-state index is 0.0174. The molecule has 2 spiro atoms. The molecule has 0 aliphatic heterocycles. The zero-order valence-electron chi connectivity index (χ0n) is 27.1. The molecule has 3 N–H and O–H groups in total.